The summed E-state index contributed by atoms with van der Waals surface area (Å²) < 4.78 is 4.89. The molecule has 9 heteroatoms. The van der Waals surface area contributed by atoms with Crippen LogP contribution in [0.4, 0.5) is 0 Å². The van der Waals surface area contributed by atoms with Crippen LogP contribution in [0.25, 0.3) is 10.8 Å². The van der Waals surface area contributed by atoms with Crippen molar-refractivity contribution in [2.24, 2.45) is 0 Å². The molecule has 2 aromatic rings. The number of aliphatic hydroxyl groups excluding tert-OH is 1. The molecule has 0 unspecified atom stereocenters. The molecule has 0 saturated carbocycles. The Hall–Kier alpha value is -2.78. The molecule has 2 heterocycles. The lowest BCUT2D eigenvalue weighted by Gasteiger charge is -2.43. The summed E-state index contributed by atoms with van der Waals surface area (Å²) in [5.74, 6) is -1.62. The van der Waals surface area contributed by atoms with E-state index in [4.69, 9.17) is 9.84 Å². The summed E-state index contributed by atoms with van der Waals surface area (Å²) >= 11 is 1.37. The van der Waals surface area contributed by atoms with E-state index in [1.54, 1.807) is 32.0 Å². The second-order valence-electron chi connectivity index (χ2n) is 7.78. The van der Waals surface area contributed by atoms with Crippen LogP contribution in [0, 0.1) is 0 Å². The van der Waals surface area contributed by atoms with Crippen LogP contribution in [0.3, 0.4) is 0 Å². The van der Waals surface area contributed by atoms with Gasteiger partial charge in [0.1, 0.15) is 29.8 Å². The van der Waals surface area contributed by atoms with Gasteiger partial charge in [-0.3, -0.25) is 9.59 Å². The van der Waals surface area contributed by atoms with E-state index in [1.807, 2.05) is 18.2 Å². The molecule has 3 atom stereocenters. The Morgan fingerprint density at radius 2 is 1.97 bits per heavy atom. The number of rotatable bonds is 6. The van der Waals surface area contributed by atoms with Gasteiger partial charge in [-0.15, -0.1) is 11.8 Å². The van der Waals surface area contributed by atoms with Gasteiger partial charge in [-0.2, -0.15) is 0 Å². The summed E-state index contributed by atoms with van der Waals surface area (Å²) in [6.45, 7) is 3.40. The van der Waals surface area contributed by atoms with Gasteiger partial charge in [0.05, 0.1) is 12.2 Å². The van der Waals surface area contributed by atoms with Crippen LogP contribution in [-0.4, -0.2) is 68.3 Å². The van der Waals surface area contributed by atoms with Gasteiger partial charge in [-0.1, -0.05) is 30.3 Å². The molecule has 8 nitrogen and oxygen atoms in total. The minimum absolute atomic E-state index is 0.0295. The fraction of sp³-hybridized carbons (Fsp3) is 0.381. The largest absolute Gasteiger partial charge is 0.490 e. The maximum absolute atomic E-state index is 13.2. The molecule has 3 N–H and O–H groups in total. The third-order valence-electron chi connectivity index (χ3n) is 5.43. The minimum Gasteiger partial charge on any atom is -0.490 e. The number of hydrogen-bond acceptors (Lipinski definition) is 6. The summed E-state index contributed by atoms with van der Waals surface area (Å²) in [7, 11) is 0. The topological polar surface area (TPSA) is 116 Å². The number of β-lactam (4-membered cyclic amide) rings is 1. The number of carbonyl (C=O) groups excluding carboxylic acids is 2. The van der Waals surface area contributed by atoms with Gasteiger partial charge in [-0.25, -0.2) is 4.79 Å². The summed E-state index contributed by atoms with van der Waals surface area (Å²) in [4.78, 5) is 38.9. The average Bonchev–Trinajstić information content (AvgIpc) is 2.97. The van der Waals surface area contributed by atoms with E-state index in [1.165, 1.54) is 16.7 Å². The van der Waals surface area contributed by atoms with Gasteiger partial charge in [0.15, 0.2) is 0 Å². The van der Waals surface area contributed by atoms with Gasteiger partial charge in [0, 0.05) is 4.75 Å². The van der Waals surface area contributed by atoms with E-state index >= 15 is 0 Å². The third-order valence-corrected chi connectivity index (χ3v) is 7.00. The molecule has 2 aromatic carbocycles. The molecular formula is C21H22N2O6S. The van der Waals surface area contributed by atoms with Crippen molar-refractivity contribution in [3.05, 3.63) is 42.0 Å². The Labute approximate surface area is 177 Å². The molecule has 0 spiro atoms. The molecule has 2 saturated heterocycles. The highest BCUT2D eigenvalue weighted by atomic mass is 32.2. The van der Waals surface area contributed by atoms with Crippen LogP contribution >= 0.6 is 11.8 Å². The first-order valence-corrected chi connectivity index (χ1v) is 10.4. The molecule has 2 aliphatic heterocycles. The highest BCUT2D eigenvalue weighted by molar-refractivity contribution is 8.01. The fourth-order valence-electron chi connectivity index (χ4n) is 4.12. The zero-order valence-corrected chi connectivity index (χ0v) is 17.3. The number of nitrogens with zero attached hydrogens (tertiary/aromatic N) is 1. The van der Waals surface area contributed by atoms with E-state index in [0.717, 1.165) is 5.39 Å². The molecule has 2 aliphatic rings. The Bertz CT molecular complexity index is 1040. The predicted octanol–water partition coefficient (Wildman–Crippen LogP) is 1.46. The van der Waals surface area contributed by atoms with E-state index in [9.17, 15) is 19.5 Å². The highest BCUT2D eigenvalue weighted by Crippen LogP contribution is 2.50. The molecule has 158 valence electrons. The maximum atomic E-state index is 13.2. The van der Waals surface area contributed by atoms with Gasteiger partial charge < -0.3 is 25.2 Å². The fourth-order valence-corrected chi connectivity index (χ4v) is 5.75. The summed E-state index contributed by atoms with van der Waals surface area (Å²) in [5, 5.41) is 22.5. The molecule has 4 rings (SSSR count). The van der Waals surface area contributed by atoms with Crippen molar-refractivity contribution >= 4 is 40.3 Å². The number of thioether (sulfide) groups is 1. The standard InChI is InChI=1S/C21H22N2O6S/c1-21(2)16(20(27)28)23-18(26)15(19(23)30-21)22-17(25)14-12-6-4-3-5-11(12)7-8-13(14)29-10-9-24/h3-8,15-16,19,24H,9-10H2,1-2H3,(H,22,25)(H,27,28)/t15-,16+,19-/m1/s1. The van der Waals surface area contributed by atoms with Gasteiger partial charge in [0.2, 0.25) is 5.91 Å². The zero-order chi connectivity index (χ0) is 21.6. The maximum Gasteiger partial charge on any atom is 0.327 e. The van der Waals surface area contributed by atoms with Crippen molar-refractivity contribution in [2.45, 2.75) is 36.1 Å². The number of benzene rings is 2. The highest BCUT2D eigenvalue weighted by Gasteiger charge is 2.64. The molecule has 0 aliphatic carbocycles. The van der Waals surface area contributed by atoms with Crippen molar-refractivity contribution in [1.82, 2.24) is 10.2 Å². The molecular weight excluding hydrogens is 408 g/mol. The number of fused-ring (bicyclic) bond motifs is 2. The average molecular weight is 430 g/mol. The lowest BCUT2D eigenvalue weighted by Crippen LogP contribution is -2.70. The second-order valence-corrected chi connectivity index (χ2v) is 9.55. The number of carboxylic acids is 1. The number of carbonyl (C=O) groups is 3. The van der Waals surface area contributed by atoms with E-state index in [2.05, 4.69) is 5.32 Å². The summed E-state index contributed by atoms with van der Waals surface area (Å²) in [5.41, 5.74) is 0.282. The first kappa shape index (κ1) is 20.5. The summed E-state index contributed by atoms with van der Waals surface area (Å²) in [6, 6.07) is 9.05. The Morgan fingerprint density at radius 3 is 2.67 bits per heavy atom. The van der Waals surface area contributed by atoms with Crippen molar-refractivity contribution < 1.29 is 29.3 Å². The lowest BCUT2D eigenvalue weighted by atomic mass is 9.95. The number of hydrogen-bond donors (Lipinski definition) is 3. The Morgan fingerprint density at radius 1 is 1.23 bits per heavy atom. The van der Waals surface area contributed by atoms with Gasteiger partial charge in [-0.05, 0) is 30.7 Å². The molecule has 2 amide bonds. The normalized spacial score (nSPS) is 24.3. The monoisotopic (exact) mass is 430 g/mol. The smallest absolute Gasteiger partial charge is 0.327 e. The number of aliphatic carboxylic acids is 1. The van der Waals surface area contributed by atoms with Crippen molar-refractivity contribution in [3.63, 3.8) is 0 Å². The minimum atomic E-state index is -1.05. The Balaban J connectivity index is 1.63. The predicted molar refractivity (Wildman–Crippen MR) is 112 cm³/mol. The van der Waals surface area contributed by atoms with Crippen LogP contribution in [0.1, 0.15) is 24.2 Å². The summed E-state index contributed by atoms with van der Waals surface area (Å²) in [6.07, 6.45) is 0. The van der Waals surface area contributed by atoms with Crippen molar-refractivity contribution in [1.29, 1.82) is 0 Å². The number of ether oxygens (including phenoxy) is 1. The van der Waals surface area contributed by atoms with Crippen LogP contribution in [0.15, 0.2) is 36.4 Å². The number of nitrogens with one attached hydrogen (secondary N) is 1. The van der Waals surface area contributed by atoms with Crippen LogP contribution in [0.2, 0.25) is 0 Å². The molecule has 2 fully saturated rings. The quantitative estimate of drug-likeness (QED) is 0.594. The van der Waals surface area contributed by atoms with Crippen LogP contribution in [-0.2, 0) is 9.59 Å². The Kier molecular flexibility index (Phi) is 5.11. The lowest BCUT2D eigenvalue weighted by molar-refractivity contribution is -0.159. The number of carboxylic acid groups (broad SMARTS) is 1. The van der Waals surface area contributed by atoms with E-state index < -0.39 is 40.0 Å². The zero-order valence-electron chi connectivity index (χ0n) is 16.5. The van der Waals surface area contributed by atoms with E-state index in [0.29, 0.717) is 11.1 Å². The van der Waals surface area contributed by atoms with Crippen molar-refractivity contribution in [2.75, 3.05) is 13.2 Å². The van der Waals surface area contributed by atoms with E-state index in [-0.39, 0.29) is 18.8 Å². The molecule has 0 radical (unpaired) electrons. The SMILES string of the molecule is CC1(C)S[C@@H]2[C@H](NC(=O)c3c(OCCO)ccc4ccccc34)C(=O)N2[C@H]1C(=O)O. The van der Waals surface area contributed by atoms with Crippen LogP contribution in [0.5, 0.6) is 5.75 Å². The first-order chi connectivity index (χ1) is 14.3. The molecule has 0 bridgehead atoms. The number of amides is 2. The first-order valence-electron chi connectivity index (χ1n) is 9.55. The molecule has 30 heavy (non-hydrogen) atoms. The number of aliphatic hydroxyl groups is 1. The second kappa shape index (κ2) is 7.48. The third kappa shape index (κ3) is 3.18. The van der Waals surface area contributed by atoms with Gasteiger partial charge in [0.25, 0.3) is 5.91 Å². The van der Waals surface area contributed by atoms with Crippen LogP contribution < -0.4 is 10.1 Å². The van der Waals surface area contributed by atoms with Gasteiger partial charge >= 0.3 is 5.97 Å². The van der Waals surface area contributed by atoms with Crippen molar-refractivity contribution in [3.8, 4) is 5.75 Å². The molecule has 0 aromatic heterocycles.